The topological polar surface area (TPSA) is 146 Å². The van der Waals surface area contributed by atoms with Gasteiger partial charge >= 0.3 is 6.09 Å². The van der Waals surface area contributed by atoms with Gasteiger partial charge < -0.3 is 25.8 Å². The highest BCUT2D eigenvalue weighted by Gasteiger charge is 2.33. The number of aryl methyl sites for hydroxylation is 3. The van der Waals surface area contributed by atoms with Crippen LogP contribution in [-0.4, -0.2) is 52.1 Å². The van der Waals surface area contributed by atoms with Crippen LogP contribution < -0.4 is 11.1 Å². The quantitative estimate of drug-likeness (QED) is 0.434. The molecule has 2 rings (SSSR count). The van der Waals surface area contributed by atoms with Crippen molar-refractivity contribution in [3.05, 3.63) is 64.2 Å². The number of primary amides is 1. The van der Waals surface area contributed by atoms with E-state index < -0.39 is 35.6 Å². The van der Waals surface area contributed by atoms with Gasteiger partial charge in [0, 0.05) is 13.0 Å². The van der Waals surface area contributed by atoms with E-state index >= 15 is 0 Å². The van der Waals surface area contributed by atoms with E-state index in [1.165, 1.54) is 4.90 Å². The summed E-state index contributed by atoms with van der Waals surface area (Å²) >= 11 is 0. The van der Waals surface area contributed by atoms with Gasteiger partial charge in [0.1, 0.15) is 23.4 Å². The van der Waals surface area contributed by atoms with Crippen LogP contribution in [-0.2, 0) is 27.2 Å². The molecule has 0 aliphatic heterocycles. The van der Waals surface area contributed by atoms with Crippen LogP contribution in [0.15, 0.2) is 36.4 Å². The molecule has 0 bridgehead atoms. The van der Waals surface area contributed by atoms with E-state index in [1.54, 1.807) is 52.0 Å². The minimum atomic E-state index is -1.04. The molecular weight excluding hydrogens is 484 g/mol. The summed E-state index contributed by atoms with van der Waals surface area (Å²) in [6.07, 6.45) is 0.523. The number of nitrogens with two attached hydrogens (primary N) is 1. The SMILES string of the molecule is Cc1cc(O)cc(C)c1C[C@H](NC(=O)OC(C)(C)C)C(=O)N(CCCc1ccc(C#N)cc1)[C@H](C)C(N)=O. The largest absolute Gasteiger partial charge is 0.508 e. The van der Waals surface area contributed by atoms with Crippen LogP contribution in [0, 0.1) is 25.2 Å². The maximum absolute atomic E-state index is 13.9. The van der Waals surface area contributed by atoms with E-state index in [9.17, 15) is 19.5 Å². The van der Waals surface area contributed by atoms with Crippen molar-refractivity contribution in [3.8, 4) is 11.8 Å². The highest BCUT2D eigenvalue weighted by molar-refractivity contribution is 5.91. The molecule has 0 spiro atoms. The van der Waals surface area contributed by atoms with Gasteiger partial charge in [-0.05, 0) is 101 Å². The minimum absolute atomic E-state index is 0.110. The number of carbonyl (C=O) groups is 3. The molecule has 2 atom stereocenters. The summed E-state index contributed by atoms with van der Waals surface area (Å²) in [5.74, 6) is -1.02. The minimum Gasteiger partial charge on any atom is -0.508 e. The van der Waals surface area contributed by atoms with Gasteiger partial charge in [-0.3, -0.25) is 9.59 Å². The predicted octanol–water partition coefficient (Wildman–Crippen LogP) is 3.65. The first kappa shape index (κ1) is 30.2. The molecule has 4 N–H and O–H groups in total. The number of ether oxygens (including phenoxy) is 1. The van der Waals surface area contributed by atoms with Crippen LogP contribution in [0.25, 0.3) is 0 Å². The Labute approximate surface area is 224 Å². The van der Waals surface area contributed by atoms with E-state index in [0.29, 0.717) is 18.4 Å². The molecule has 0 aliphatic carbocycles. The van der Waals surface area contributed by atoms with Crippen LogP contribution >= 0.6 is 0 Å². The molecule has 0 aliphatic rings. The van der Waals surface area contributed by atoms with Crippen LogP contribution in [0.4, 0.5) is 4.79 Å². The van der Waals surface area contributed by atoms with Crippen LogP contribution in [0.3, 0.4) is 0 Å². The van der Waals surface area contributed by atoms with Gasteiger partial charge in [0.05, 0.1) is 11.6 Å². The number of nitrogens with zero attached hydrogens (tertiary/aromatic N) is 2. The molecule has 0 saturated heterocycles. The zero-order valence-corrected chi connectivity index (χ0v) is 23.0. The van der Waals surface area contributed by atoms with Crippen molar-refractivity contribution >= 4 is 17.9 Å². The smallest absolute Gasteiger partial charge is 0.408 e. The Hall–Kier alpha value is -4.06. The summed E-state index contributed by atoms with van der Waals surface area (Å²) < 4.78 is 5.41. The van der Waals surface area contributed by atoms with Gasteiger partial charge in [-0.15, -0.1) is 0 Å². The molecule has 0 fully saturated rings. The number of rotatable bonds is 10. The molecule has 0 unspecified atom stereocenters. The fourth-order valence-electron chi connectivity index (χ4n) is 4.19. The van der Waals surface area contributed by atoms with E-state index in [4.69, 9.17) is 15.7 Å². The Balaban J connectivity index is 2.33. The van der Waals surface area contributed by atoms with Crippen molar-refractivity contribution < 1.29 is 24.2 Å². The second-order valence-electron chi connectivity index (χ2n) is 10.5. The number of alkyl carbamates (subject to hydrolysis) is 1. The molecule has 204 valence electrons. The van der Waals surface area contributed by atoms with E-state index in [1.807, 2.05) is 26.0 Å². The second kappa shape index (κ2) is 13.0. The molecule has 9 heteroatoms. The Morgan fingerprint density at radius 3 is 2.21 bits per heavy atom. The normalized spacial score (nSPS) is 12.7. The molecule has 9 nitrogen and oxygen atoms in total. The molecule has 0 saturated carbocycles. The molecule has 2 aromatic carbocycles. The Morgan fingerprint density at radius 1 is 1.13 bits per heavy atom. The molecule has 0 heterocycles. The van der Waals surface area contributed by atoms with Crippen molar-refractivity contribution in [1.82, 2.24) is 10.2 Å². The number of benzene rings is 2. The number of phenolic OH excluding ortho intramolecular Hbond substituents is 1. The molecule has 2 aromatic rings. The van der Waals surface area contributed by atoms with Gasteiger partial charge in [-0.25, -0.2) is 4.79 Å². The zero-order chi connectivity index (χ0) is 28.6. The second-order valence-corrected chi connectivity index (χ2v) is 10.5. The highest BCUT2D eigenvalue weighted by atomic mass is 16.6. The van der Waals surface area contributed by atoms with Gasteiger partial charge in [0.15, 0.2) is 0 Å². The van der Waals surface area contributed by atoms with Crippen LogP contribution in [0.2, 0.25) is 0 Å². The maximum Gasteiger partial charge on any atom is 0.408 e. The number of carbonyl (C=O) groups excluding carboxylic acids is 3. The Kier molecular flexibility index (Phi) is 10.3. The summed E-state index contributed by atoms with van der Waals surface area (Å²) in [6.45, 7) is 10.6. The number of aromatic hydroxyl groups is 1. The van der Waals surface area contributed by atoms with E-state index in [0.717, 1.165) is 22.3 Å². The van der Waals surface area contributed by atoms with Crippen molar-refractivity contribution in [2.24, 2.45) is 5.73 Å². The molecule has 0 radical (unpaired) electrons. The number of nitriles is 1. The summed E-state index contributed by atoms with van der Waals surface area (Å²) in [6, 6.07) is 10.5. The lowest BCUT2D eigenvalue weighted by Crippen LogP contribution is -2.55. The van der Waals surface area contributed by atoms with Gasteiger partial charge in [-0.1, -0.05) is 12.1 Å². The van der Waals surface area contributed by atoms with Gasteiger partial charge in [0.2, 0.25) is 11.8 Å². The highest BCUT2D eigenvalue weighted by Crippen LogP contribution is 2.23. The summed E-state index contributed by atoms with van der Waals surface area (Å²) in [5.41, 5.74) is 8.68. The van der Waals surface area contributed by atoms with Gasteiger partial charge in [0.25, 0.3) is 0 Å². The van der Waals surface area contributed by atoms with E-state index in [2.05, 4.69) is 11.4 Å². The lowest BCUT2D eigenvalue weighted by molar-refractivity contribution is -0.140. The molecule has 3 amide bonds. The number of nitrogens with one attached hydrogen (secondary N) is 1. The fourth-order valence-corrected chi connectivity index (χ4v) is 4.19. The predicted molar refractivity (Wildman–Crippen MR) is 144 cm³/mol. The first-order valence-electron chi connectivity index (χ1n) is 12.6. The third-order valence-corrected chi connectivity index (χ3v) is 6.19. The zero-order valence-electron chi connectivity index (χ0n) is 23.0. The average molecular weight is 523 g/mol. The lowest BCUT2D eigenvalue weighted by atomic mass is 9.95. The summed E-state index contributed by atoms with van der Waals surface area (Å²) in [7, 11) is 0. The van der Waals surface area contributed by atoms with Crippen molar-refractivity contribution in [3.63, 3.8) is 0 Å². The lowest BCUT2D eigenvalue weighted by Gasteiger charge is -2.32. The van der Waals surface area contributed by atoms with Crippen molar-refractivity contribution in [2.45, 2.75) is 78.5 Å². The third kappa shape index (κ3) is 8.80. The van der Waals surface area contributed by atoms with Crippen LogP contribution in [0.5, 0.6) is 5.75 Å². The third-order valence-electron chi connectivity index (χ3n) is 6.19. The first-order valence-corrected chi connectivity index (χ1v) is 12.6. The number of phenols is 1. The number of hydrogen-bond acceptors (Lipinski definition) is 6. The van der Waals surface area contributed by atoms with E-state index in [-0.39, 0.29) is 18.7 Å². The number of hydrogen-bond donors (Lipinski definition) is 3. The summed E-state index contributed by atoms with van der Waals surface area (Å²) in [5, 5.41) is 21.6. The summed E-state index contributed by atoms with van der Waals surface area (Å²) in [4.78, 5) is 40.1. The monoisotopic (exact) mass is 522 g/mol. The first-order chi connectivity index (χ1) is 17.7. The molecular formula is C29H38N4O5. The maximum atomic E-state index is 13.9. The molecule has 0 aromatic heterocycles. The standard InChI is InChI=1S/C29H38N4O5/c1-18-14-23(34)15-19(2)24(18)16-25(32-28(37)38-29(4,5)6)27(36)33(20(3)26(31)35)13-7-8-21-9-11-22(17-30)12-10-21/h9-12,14-15,20,25,34H,7-8,13,16H2,1-6H3,(H2,31,35)(H,32,37)/t20-,25+/m1/s1. The van der Waals surface area contributed by atoms with Crippen molar-refractivity contribution in [1.29, 1.82) is 5.26 Å². The van der Waals surface area contributed by atoms with Gasteiger partial charge in [-0.2, -0.15) is 5.26 Å². The average Bonchev–Trinajstić information content (AvgIpc) is 2.81. The Morgan fingerprint density at radius 2 is 1.71 bits per heavy atom. The van der Waals surface area contributed by atoms with Crippen LogP contribution in [0.1, 0.15) is 61.9 Å². The van der Waals surface area contributed by atoms with Crippen molar-refractivity contribution in [2.75, 3.05) is 6.54 Å². The molecule has 38 heavy (non-hydrogen) atoms. The Bertz CT molecular complexity index is 1170. The number of amides is 3. The fraction of sp³-hybridized carbons (Fsp3) is 0.448.